The predicted octanol–water partition coefficient (Wildman–Crippen LogP) is 0.109. The second kappa shape index (κ2) is 7.83. The molecule has 0 radical (unpaired) electrons. The number of rotatable bonds is 4. The normalized spacial score (nSPS) is 13.7. The molecule has 2 aromatic carbocycles. The summed E-state index contributed by atoms with van der Waals surface area (Å²) >= 11 is 0. The molecule has 0 fully saturated rings. The maximum absolute atomic E-state index is 10.9. The van der Waals surface area contributed by atoms with Gasteiger partial charge in [-0.3, -0.25) is 9.11 Å². The Morgan fingerprint density at radius 1 is 1.00 bits per heavy atom. The van der Waals surface area contributed by atoms with Crippen LogP contribution in [-0.4, -0.2) is 39.8 Å². The van der Waals surface area contributed by atoms with Crippen LogP contribution >= 0.6 is 0 Å². The molecule has 0 aromatic heterocycles. The highest BCUT2D eigenvalue weighted by Crippen LogP contribution is 2.23. The Morgan fingerprint density at radius 2 is 1.58 bits per heavy atom. The second-order valence-electron chi connectivity index (χ2n) is 4.89. The summed E-state index contributed by atoms with van der Waals surface area (Å²) in [5.74, 6) is 0. The van der Waals surface area contributed by atoms with E-state index in [1.54, 1.807) is 24.3 Å². The topological polar surface area (TPSA) is 204 Å². The molecule has 6 N–H and O–H groups in total. The van der Waals surface area contributed by atoms with Crippen LogP contribution in [0.4, 0.5) is 5.69 Å². The molecule has 11 nitrogen and oxygen atoms in total. The quantitative estimate of drug-likeness (QED) is 0.382. The standard InChI is InChI=1S/C10H9NO3S.C2H7NO6S2/c11-10-3-1-2-7-6-8(15(12,13)14)4-5-9(7)10;1-2(10(3,4)5)9-11(6,7)8/h1-6H,11H2,(H,12,13,14);2H,1H3,(H2,3,4,5)(H,6,7,8). The molecule has 0 saturated heterocycles. The molecule has 2 rings (SSSR count). The van der Waals surface area contributed by atoms with Crippen molar-refractivity contribution < 1.29 is 38.5 Å². The first-order valence-electron chi connectivity index (χ1n) is 6.54. The van der Waals surface area contributed by atoms with Crippen LogP contribution in [-0.2, 0) is 34.7 Å². The van der Waals surface area contributed by atoms with Crippen molar-refractivity contribution in [1.29, 1.82) is 0 Å². The van der Waals surface area contributed by atoms with Gasteiger partial charge in [-0.2, -0.15) is 16.8 Å². The number of sulfonamides is 1. The monoisotopic (exact) mass is 428 g/mol. The summed E-state index contributed by atoms with van der Waals surface area (Å²) in [6.45, 7) is 0.878. The maximum Gasteiger partial charge on any atom is 0.398 e. The van der Waals surface area contributed by atoms with Gasteiger partial charge in [0.2, 0.25) is 10.0 Å². The van der Waals surface area contributed by atoms with Gasteiger partial charge in [0.15, 0.2) is 5.44 Å². The summed E-state index contributed by atoms with van der Waals surface area (Å²) < 4.78 is 82.6. The number of primary sulfonamides is 1. The Kier molecular flexibility index (Phi) is 6.69. The Morgan fingerprint density at radius 3 is 2.00 bits per heavy atom. The van der Waals surface area contributed by atoms with E-state index < -0.39 is 36.0 Å². The van der Waals surface area contributed by atoms with Crippen LogP contribution in [0.1, 0.15) is 6.92 Å². The Balaban J connectivity index is 0.000000276. The number of nitrogens with two attached hydrogens (primary N) is 2. The molecular formula is C12H16N2O9S3. The highest BCUT2D eigenvalue weighted by atomic mass is 32.3. The molecule has 0 aliphatic rings. The van der Waals surface area contributed by atoms with Crippen molar-refractivity contribution in [2.75, 3.05) is 5.73 Å². The molecule has 0 spiro atoms. The van der Waals surface area contributed by atoms with Crippen LogP contribution in [0.25, 0.3) is 10.8 Å². The van der Waals surface area contributed by atoms with Crippen molar-refractivity contribution in [3.63, 3.8) is 0 Å². The molecule has 0 heterocycles. The molecule has 1 unspecified atom stereocenters. The summed E-state index contributed by atoms with van der Waals surface area (Å²) in [4.78, 5) is -0.124. The first-order valence-corrected chi connectivity index (χ1v) is 11.0. The number of fused-ring (bicyclic) bond motifs is 1. The van der Waals surface area contributed by atoms with Crippen molar-refractivity contribution in [3.05, 3.63) is 36.4 Å². The van der Waals surface area contributed by atoms with Gasteiger partial charge in [-0.15, -0.1) is 0 Å². The summed E-state index contributed by atoms with van der Waals surface area (Å²) in [5.41, 5.74) is 4.50. The lowest BCUT2D eigenvalue weighted by Gasteiger charge is -2.05. The zero-order valence-corrected chi connectivity index (χ0v) is 15.6. The van der Waals surface area contributed by atoms with E-state index in [1.807, 2.05) is 0 Å². The molecule has 0 amide bonds. The largest absolute Gasteiger partial charge is 0.398 e. The maximum atomic E-state index is 10.9. The molecule has 2 aromatic rings. The fourth-order valence-electron chi connectivity index (χ4n) is 1.67. The van der Waals surface area contributed by atoms with Crippen LogP contribution in [0.5, 0.6) is 0 Å². The number of hydrogen-bond donors (Lipinski definition) is 4. The van der Waals surface area contributed by atoms with Gasteiger partial charge in [0, 0.05) is 11.1 Å². The lowest BCUT2D eigenvalue weighted by Crippen LogP contribution is -2.30. The molecule has 0 aliphatic carbocycles. The molecular weight excluding hydrogens is 412 g/mol. The van der Waals surface area contributed by atoms with Gasteiger partial charge in [0.05, 0.1) is 4.90 Å². The van der Waals surface area contributed by atoms with Gasteiger partial charge >= 0.3 is 10.4 Å². The van der Waals surface area contributed by atoms with Crippen molar-refractivity contribution in [1.82, 2.24) is 0 Å². The van der Waals surface area contributed by atoms with Gasteiger partial charge in [0.25, 0.3) is 10.1 Å². The van der Waals surface area contributed by atoms with Crippen LogP contribution in [0.3, 0.4) is 0 Å². The van der Waals surface area contributed by atoms with E-state index >= 15 is 0 Å². The van der Waals surface area contributed by atoms with E-state index in [-0.39, 0.29) is 4.90 Å². The average Bonchev–Trinajstić information content (AvgIpc) is 2.44. The van der Waals surface area contributed by atoms with E-state index in [0.29, 0.717) is 11.1 Å². The summed E-state index contributed by atoms with van der Waals surface area (Å²) in [5, 5.41) is 5.91. The summed E-state index contributed by atoms with van der Waals surface area (Å²) in [6, 6.07) is 9.49. The zero-order chi connectivity index (χ0) is 20.3. The lowest BCUT2D eigenvalue weighted by atomic mass is 10.1. The van der Waals surface area contributed by atoms with Crippen LogP contribution in [0.15, 0.2) is 41.3 Å². The molecule has 146 valence electrons. The van der Waals surface area contributed by atoms with Gasteiger partial charge in [-0.25, -0.2) is 17.7 Å². The lowest BCUT2D eigenvalue weighted by molar-refractivity contribution is 0.251. The van der Waals surface area contributed by atoms with E-state index in [9.17, 15) is 25.3 Å². The van der Waals surface area contributed by atoms with Gasteiger partial charge in [-0.05, 0) is 30.5 Å². The van der Waals surface area contributed by atoms with Crippen molar-refractivity contribution >= 4 is 47.0 Å². The highest BCUT2D eigenvalue weighted by Gasteiger charge is 2.22. The number of hydrogen-bond acceptors (Lipinski definition) is 8. The predicted molar refractivity (Wildman–Crippen MR) is 93.4 cm³/mol. The molecule has 0 bridgehead atoms. The second-order valence-corrected chi connectivity index (χ2v) is 9.20. The molecule has 26 heavy (non-hydrogen) atoms. The summed E-state index contributed by atoms with van der Waals surface area (Å²) in [7, 11) is -13.0. The minimum absolute atomic E-state index is 0.124. The Bertz CT molecular complexity index is 1110. The van der Waals surface area contributed by atoms with Gasteiger partial charge < -0.3 is 5.73 Å². The van der Waals surface area contributed by atoms with E-state index in [4.69, 9.17) is 14.8 Å². The van der Waals surface area contributed by atoms with Crippen molar-refractivity contribution in [2.45, 2.75) is 17.3 Å². The smallest absolute Gasteiger partial charge is 0.398 e. The fraction of sp³-hybridized carbons (Fsp3) is 0.167. The third-order valence-corrected chi connectivity index (χ3v) is 5.43. The minimum atomic E-state index is -4.77. The van der Waals surface area contributed by atoms with Gasteiger partial charge in [0.1, 0.15) is 0 Å². The Labute approximate surface area is 150 Å². The third-order valence-electron chi connectivity index (χ3n) is 2.90. The van der Waals surface area contributed by atoms with Crippen LogP contribution in [0.2, 0.25) is 0 Å². The number of anilines is 1. The van der Waals surface area contributed by atoms with Crippen molar-refractivity contribution in [3.8, 4) is 0 Å². The molecule has 1 atom stereocenters. The van der Waals surface area contributed by atoms with Crippen LogP contribution in [0, 0.1) is 0 Å². The first-order chi connectivity index (χ1) is 11.6. The van der Waals surface area contributed by atoms with E-state index in [2.05, 4.69) is 9.32 Å². The molecule has 14 heteroatoms. The van der Waals surface area contributed by atoms with Crippen molar-refractivity contribution in [2.24, 2.45) is 5.14 Å². The highest BCUT2D eigenvalue weighted by molar-refractivity contribution is 7.90. The number of benzene rings is 2. The zero-order valence-electron chi connectivity index (χ0n) is 13.2. The third kappa shape index (κ3) is 6.83. The minimum Gasteiger partial charge on any atom is -0.398 e. The van der Waals surface area contributed by atoms with Crippen LogP contribution < -0.4 is 10.9 Å². The molecule has 0 saturated carbocycles. The SMILES string of the molecule is CC(OS(=O)(=O)O)S(N)(=O)=O.Nc1cccc2cc(S(=O)(=O)O)ccc12. The van der Waals surface area contributed by atoms with E-state index in [1.165, 1.54) is 12.1 Å². The Hall–Kier alpha value is -1.81. The molecule has 0 aliphatic heterocycles. The average molecular weight is 428 g/mol. The van der Waals surface area contributed by atoms with E-state index in [0.717, 1.165) is 12.3 Å². The fourth-order valence-corrected chi connectivity index (χ4v) is 3.27. The number of nitrogen functional groups attached to an aromatic ring is 1. The van der Waals surface area contributed by atoms with Gasteiger partial charge in [-0.1, -0.05) is 18.2 Å². The summed E-state index contributed by atoms with van der Waals surface area (Å²) in [6.07, 6.45) is 0. The first kappa shape index (κ1) is 22.2.